The van der Waals surface area contributed by atoms with Crippen LogP contribution in [0, 0.1) is 5.92 Å². The van der Waals surface area contributed by atoms with Crippen LogP contribution in [0.15, 0.2) is 24.3 Å². The highest BCUT2D eigenvalue weighted by atomic mass is 32.2. The minimum absolute atomic E-state index is 0.0841. The molecule has 0 spiro atoms. The third-order valence-electron chi connectivity index (χ3n) is 3.16. The summed E-state index contributed by atoms with van der Waals surface area (Å²) in [5.41, 5.74) is 0.117. The quantitative estimate of drug-likeness (QED) is 0.861. The highest BCUT2D eigenvalue weighted by molar-refractivity contribution is 7.89. The lowest BCUT2D eigenvalue weighted by Gasteiger charge is -2.14. The van der Waals surface area contributed by atoms with E-state index in [0.717, 1.165) is 6.07 Å². The van der Waals surface area contributed by atoms with E-state index in [1.165, 1.54) is 18.2 Å². The zero-order valence-corrected chi connectivity index (χ0v) is 12.4. The van der Waals surface area contributed by atoms with Crippen LogP contribution in [0.4, 0.5) is 13.2 Å². The Balaban J connectivity index is 1.98. The molecule has 1 saturated heterocycles. The molecule has 1 aliphatic rings. The minimum Gasteiger partial charge on any atom is -0.405 e. The largest absolute Gasteiger partial charge is 0.573 e. The average molecular weight is 339 g/mol. The van der Waals surface area contributed by atoms with E-state index in [9.17, 15) is 21.6 Å². The Kier molecular flexibility index (Phi) is 5.30. The van der Waals surface area contributed by atoms with E-state index in [0.29, 0.717) is 19.6 Å². The maximum Gasteiger partial charge on any atom is 0.573 e. The Bertz CT molecular complexity index is 598. The first kappa shape index (κ1) is 17.0. The zero-order chi connectivity index (χ0) is 16.2. The number of hydrogen-bond acceptors (Lipinski definition) is 4. The number of para-hydroxylation sites is 1. The molecule has 2 rings (SSSR count). The van der Waals surface area contributed by atoms with Crippen molar-refractivity contribution in [2.24, 2.45) is 5.92 Å². The van der Waals surface area contributed by atoms with Gasteiger partial charge in [-0.2, -0.15) is 0 Å². The lowest BCUT2D eigenvalue weighted by molar-refractivity contribution is -0.274. The zero-order valence-electron chi connectivity index (χ0n) is 11.6. The first-order valence-electron chi connectivity index (χ1n) is 6.64. The molecule has 1 aliphatic heterocycles. The molecule has 0 radical (unpaired) electrons. The summed E-state index contributed by atoms with van der Waals surface area (Å²) in [5.74, 6) is -0.601. The summed E-state index contributed by atoms with van der Waals surface area (Å²) in [5, 5.41) is 0. The van der Waals surface area contributed by atoms with Gasteiger partial charge in [0.1, 0.15) is 5.75 Å². The van der Waals surface area contributed by atoms with Gasteiger partial charge in [0.15, 0.2) is 0 Å². The fourth-order valence-electron chi connectivity index (χ4n) is 2.15. The predicted octanol–water partition coefficient (Wildman–Crippen LogP) is 2.04. The van der Waals surface area contributed by atoms with Crippen LogP contribution < -0.4 is 9.46 Å². The molecule has 1 N–H and O–H groups in total. The Morgan fingerprint density at radius 1 is 1.32 bits per heavy atom. The minimum atomic E-state index is -4.82. The van der Waals surface area contributed by atoms with Gasteiger partial charge < -0.3 is 9.47 Å². The van der Waals surface area contributed by atoms with Crippen molar-refractivity contribution in [1.82, 2.24) is 4.72 Å². The van der Waals surface area contributed by atoms with Gasteiger partial charge in [-0.1, -0.05) is 18.2 Å². The molecule has 9 heteroatoms. The Morgan fingerprint density at radius 3 is 2.68 bits per heavy atom. The van der Waals surface area contributed by atoms with E-state index < -0.39 is 22.1 Å². The van der Waals surface area contributed by atoms with E-state index in [4.69, 9.17) is 4.74 Å². The van der Waals surface area contributed by atoms with E-state index in [1.54, 1.807) is 0 Å². The van der Waals surface area contributed by atoms with Gasteiger partial charge in [0.2, 0.25) is 10.0 Å². The molecule has 1 atom stereocenters. The summed E-state index contributed by atoms with van der Waals surface area (Å²) in [6.45, 7) is 0.652. The molecule has 1 heterocycles. The molecule has 1 fully saturated rings. The van der Waals surface area contributed by atoms with Gasteiger partial charge in [0.25, 0.3) is 0 Å². The van der Waals surface area contributed by atoms with Crippen LogP contribution in [0.25, 0.3) is 0 Å². The van der Waals surface area contributed by atoms with Crippen LogP contribution in [0.1, 0.15) is 12.0 Å². The number of rotatable bonds is 6. The van der Waals surface area contributed by atoms with Crippen LogP contribution in [0.2, 0.25) is 0 Å². The normalized spacial score (nSPS) is 19.3. The van der Waals surface area contributed by atoms with Gasteiger partial charge in [0, 0.05) is 18.7 Å². The maximum absolute atomic E-state index is 12.3. The molecule has 0 unspecified atom stereocenters. The Morgan fingerprint density at radius 2 is 2.05 bits per heavy atom. The number of benzene rings is 1. The van der Waals surface area contributed by atoms with E-state index in [1.807, 2.05) is 0 Å². The summed E-state index contributed by atoms with van der Waals surface area (Å²) in [6.07, 6.45) is -4.16. The number of halogens is 3. The Labute approximate surface area is 126 Å². The van der Waals surface area contributed by atoms with Crippen LogP contribution in [0.5, 0.6) is 5.75 Å². The Hall–Kier alpha value is -1.32. The fourth-order valence-corrected chi connectivity index (χ4v) is 3.52. The molecule has 5 nitrogen and oxygen atoms in total. The molecule has 0 aromatic heterocycles. The second-order valence-corrected chi connectivity index (χ2v) is 6.84. The lowest BCUT2D eigenvalue weighted by atomic mass is 10.2. The molecule has 0 aliphatic carbocycles. The van der Waals surface area contributed by atoms with Gasteiger partial charge in [-0.25, -0.2) is 13.1 Å². The summed E-state index contributed by atoms with van der Waals surface area (Å²) >= 11 is 0. The second-order valence-electron chi connectivity index (χ2n) is 4.99. The van der Waals surface area contributed by atoms with Crippen LogP contribution >= 0.6 is 0 Å². The van der Waals surface area contributed by atoms with Gasteiger partial charge in [-0.3, -0.25) is 0 Å². The molecule has 22 heavy (non-hydrogen) atoms. The number of sulfonamides is 1. The van der Waals surface area contributed by atoms with E-state index in [2.05, 4.69) is 9.46 Å². The van der Waals surface area contributed by atoms with Crippen molar-refractivity contribution >= 4 is 10.0 Å². The van der Waals surface area contributed by atoms with Crippen molar-refractivity contribution in [1.29, 1.82) is 0 Å². The van der Waals surface area contributed by atoms with Crippen LogP contribution in [0.3, 0.4) is 0 Å². The highest BCUT2D eigenvalue weighted by Crippen LogP contribution is 2.26. The number of ether oxygens (including phenoxy) is 2. The van der Waals surface area contributed by atoms with Crippen molar-refractivity contribution < 1.29 is 31.1 Å². The lowest BCUT2D eigenvalue weighted by Crippen LogP contribution is -2.30. The third kappa shape index (κ3) is 5.47. The molecule has 1 aromatic carbocycles. The summed E-state index contributed by atoms with van der Waals surface area (Å²) in [6, 6.07) is 5.41. The molecule has 124 valence electrons. The average Bonchev–Trinajstić information content (AvgIpc) is 2.88. The van der Waals surface area contributed by atoms with Gasteiger partial charge in [-0.05, 0) is 18.4 Å². The van der Waals surface area contributed by atoms with Crippen molar-refractivity contribution in [2.45, 2.75) is 19.3 Å². The smallest absolute Gasteiger partial charge is 0.405 e. The molecule has 0 saturated carbocycles. The van der Waals surface area contributed by atoms with Crippen molar-refractivity contribution in [3.63, 3.8) is 0 Å². The molecule has 0 bridgehead atoms. The van der Waals surface area contributed by atoms with Crippen molar-refractivity contribution in [3.8, 4) is 5.75 Å². The molecule has 0 amide bonds. The topological polar surface area (TPSA) is 64.6 Å². The predicted molar refractivity (Wildman–Crippen MR) is 72.7 cm³/mol. The molecule has 1 aromatic rings. The SMILES string of the molecule is O=S(=O)(C[C@H]1CCOC1)NCc1ccccc1OC(F)(F)F. The number of hydrogen-bond donors (Lipinski definition) is 1. The number of nitrogens with one attached hydrogen (secondary N) is 1. The summed E-state index contributed by atoms with van der Waals surface area (Å²) < 4.78 is 72.0. The van der Waals surface area contributed by atoms with Crippen LogP contribution in [-0.2, 0) is 21.3 Å². The fraction of sp³-hybridized carbons (Fsp3) is 0.538. The van der Waals surface area contributed by atoms with Gasteiger partial charge >= 0.3 is 6.36 Å². The third-order valence-corrected chi connectivity index (χ3v) is 4.65. The van der Waals surface area contributed by atoms with E-state index >= 15 is 0 Å². The number of alkyl halides is 3. The summed E-state index contributed by atoms with van der Waals surface area (Å²) in [4.78, 5) is 0. The standard InChI is InChI=1S/C13H16F3NO4S/c14-13(15,16)21-12-4-2-1-3-11(12)7-17-22(18,19)9-10-5-6-20-8-10/h1-4,10,17H,5-9H2/t10-/m0/s1. The first-order valence-corrected chi connectivity index (χ1v) is 8.29. The van der Waals surface area contributed by atoms with Gasteiger partial charge in [-0.15, -0.1) is 13.2 Å². The second kappa shape index (κ2) is 6.84. The highest BCUT2D eigenvalue weighted by Gasteiger charge is 2.32. The monoisotopic (exact) mass is 339 g/mol. The first-order chi connectivity index (χ1) is 10.3. The van der Waals surface area contributed by atoms with E-state index in [-0.39, 0.29) is 23.8 Å². The van der Waals surface area contributed by atoms with Crippen molar-refractivity contribution in [2.75, 3.05) is 19.0 Å². The van der Waals surface area contributed by atoms with Gasteiger partial charge in [0.05, 0.1) is 12.4 Å². The van der Waals surface area contributed by atoms with Crippen molar-refractivity contribution in [3.05, 3.63) is 29.8 Å². The molecular formula is C13H16F3NO4S. The van der Waals surface area contributed by atoms with Crippen LogP contribution in [-0.4, -0.2) is 33.7 Å². The maximum atomic E-state index is 12.3. The molecular weight excluding hydrogens is 323 g/mol. The summed E-state index contributed by atoms with van der Waals surface area (Å²) in [7, 11) is -3.59.